The second kappa shape index (κ2) is 8.02. The molecule has 25 heavy (non-hydrogen) atoms. The van der Waals surface area contributed by atoms with Crippen molar-refractivity contribution in [2.24, 2.45) is 10.9 Å². The van der Waals surface area contributed by atoms with Crippen LogP contribution in [0.4, 0.5) is 5.69 Å². The Morgan fingerprint density at radius 1 is 1.24 bits per heavy atom. The highest BCUT2D eigenvalue weighted by atomic mass is 32.2. The van der Waals surface area contributed by atoms with Crippen LogP contribution >= 0.6 is 23.5 Å². The van der Waals surface area contributed by atoms with Crippen LogP contribution in [0.25, 0.3) is 0 Å². The number of hydrogen-bond donors (Lipinski definition) is 0. The van der Waals surface area contributed by atoms with Crippen molar-refractivity contribution in [2.45, 2.75) is 32.3 Å². The van der Waals surface area contributed by atoms with Gasteiger partial charge in [0.2, 0.25) is 0 Å². The van der Waals surface area contributed by atoms with E-state index in [4.69, 9.17) is 4.99 Å². The third kappa shape index (κ3) is 4.83. The van der Waals surface area contributed by atoms with Gasteiger partial charge in [0, 0.05) is 11.9 Å². The Kier molecular flexibility index (Phi) is 5.76. The third-order valence-electron chi connectivity index (χ3n) is 3.88. The SMILES string of the molecule is C=C1CC(C)C(=C\Sc2nccc(C)n2)/C(=N/c2ccc(C)cc2)S1. The van der Waals surface area contributed by atoms with Crippen LogP contribution in [0.1, 0.15) is 24.6 Å². The standard InChI is InChI=1S/C20H21N3S2/c1-13-5-7-17(8-6-13)23-19-18(14(2)11-16(4)25-19)12-24-20-21-10-9-15(3)22-20/h5-10,12,14H,4,11H2,1-3H3/b18-12+,23-19-. The fraction of sp³-hybridized carbons (Fsp3) is 0.250. The number of allylic oxidation sites excluding steroid dienone is 1. The Balaban J connectivity index is 1.90. The summed E-state index contributed by atoms with van der Waals surface area (Å²) in [4.78, 5) is 14.8. The van der Waals surface area contributed by atoms with Gasteiger partial charge in [0.1, 0.15) is 5.04 Å². The number of hydrogen-bond acceptors (Lipinski definition) is 5. The Hall–Kier alpha value is -1.85. The van der Waals surface area contributed by atoms with Crippen LogP contribution < -0.4 is 0 Å². The van der Waals surface area contributed by atoms with E-state index in [1.54, 1.807) is 29.7 Å². The molecule has 0 N–H and O–H groups in total. The molecule has 1 fully saturated rings. The van der Waals surface area contributed by atoms with Crippen LogP contribution in [0, 0.1) is 19.8 Å². The zero-order valence-electron chi connectivity index (χ0n) is 14.7. The predicted molar refractivity (Wildman–Crippen MR) is 109 cm³/mol. The summed E-state index contributed by atoms with van der Waals surface area (Å²) in [5, 5.41) is 3.93. The van der Waals surface area contributed by atoms with Crippen molar-refractivity contribution >= 4 is 34.3 Å². The summed E-state index contributed by atoms with van der Waals surface area (Å²) in [7, 11) is 0. The molecule has 1 aromatic heterocycles. The number of aromatic nitrogens is 2. The minimum absolute atomic E-state index is 0.384. The largest absolute Gasteiger partial charge is 0.241 e. The van der Waals surface area contributed by atoms with E-state index in [1.165, 1.54) is 11.1 Å². The molecule has 2 heterocycles. The molecule has 0 spiro atoms. The molecule has 0 radical (unpaired) electrons. The van der Waals surface area contributed by atoms with Gasteiger partial charge >= 0.3 is 0 Å². The van der Waals surface area contributed by atoms with Gasteiger partial charge in [-0.1, -0.05) is 54.7 Å². The van der Waals surface area contributed by atoms with Crippen LogP contribution in [0.15, 0.2) is 69.1 Å². The van der Waals surface area contributed by atoms with Crippen LogP contribution in [-0.4, -0.2) is 15.0 Å². The lowest BCUT2D eigenvalue weighted by atomic mass is 9.99. The normalized spacial score (nSPS) is 21.1. The Morgan fingerprint density at radius 2 is 2.00 bits per heavy atom. The van der Waals surface area contributed by atoms with Gasteiger partial charge in [0.25, 0.3) is 0 Å². The van der Waals surface area contributed by atoms with Crippen molar-refractivity contribution in [3.63, 3.8) is 0 Å². The van der Waals surface area contributed by atoms with Crippen molar-refractivity contribution in [1.82, 2.24) is 9.97 Å². The van der Waals surface area contributed by atoms with Crippen LogP contribution in [0.2, 0.25) is 0 Å². The van der Waals surface area contributed by atoms with Gasteiger partial charge in [0.15, 0.2) is 5.16 Å². The highest BCUT2D eigenvalue weighted by molar-refractivity contribution is 8.17. The first kappa shape index (κ1) is 18.0. The average molecular weight is 368 g/mol. The third-order valence-corrected chi connectivity index (χ3v) is 5.64. The summed E-state index contributed by atoms with van der Waals surface area (Å²) in [5.41, 5.74) is 4.41. The smallest absolute Gasteiger partial charge is 0.192 e. The number of thioether (sulfide) groups is 2. The average Bonchev–Trinajstić information content (AvgIpc) is 2.56. The molecule has 1 aliphatic rings. The van der Waals surface area contributed by atoms with E-state index in [-0.39, 0.29) is 0 Å². The number of rotatable bonds is 3. The molecule has 5 heteroatoms. The van der Waals surface area contributed by atoms with Gasteiger partial charge in [0.05, 0.1) is 5.69 Å². The molecule has 0 saturated carbocycles. The highest BCUT2D eigenvalue weighted by Crippen LogP contribution is 2.40. The molecule has 0 bridgehead atoms. The molecule has 1 atom stereocenters. The zero-order chi connectivity index (χ0) is 17.8. The summed E-state index contributed by atoms with van der Waals surface area (Å²) >= 11 is 3.22. The van der Waals surface area contributed by atoms with E-state index < -0.39 is 0 Å². The topological polar surface area (TPSA) is 38.1 Å². The minimum Gasteiger partial charge on any atom is -0.241 e. The maximum Gasteiger partial charge on any atom is 0.192 e. The van der Waals surface area contributed by atoms with E-state index in [0.29, 0.717) is 5.92 Å². The quantitative estimate of drug-likeness (QED) is 0.486. The first-order chi connectivity index (χ1) is 12.0. The van der Waals surface area contributed by atoms with Crippen LogP contribution in [-0.2, 0) is 0 Å². The molecule has 3 rings (SSSR count). The lowest BCUT2D eigenvalue weighted by molar-refractivity contribution is 0.715. The summed E-state index contributed by atoms with van der Waals surface area (Å²) in [5.74, 6) is 0.384. The summed E-state index contributed by atoms with van der Waals surface area (Å²) in [6, 6.07) is 10.2. The van der Waals surface area contributed by atoms with Crippen molar-refractivity contribution in [3.05, 3.63) is 70.3 Å². The molecule has 3 nitrogen and oxygen atoms in total. The Bertz CT molecular complexity index is 838. The molecular weight excluding hydrogens is 346 g/mol. The van der Waals surface area contributed by atoms with Crippen molar-refractivity contribution in [2.75, 3.05) is 0 Å². The molecule has 1 unspecified atom stereocenters. The van der Waals surface area contributed by atoms with Gasteiger partial charge in [-0.15, -0.1) is 0 Å². The summed E-state index contributed by atoms with van der Waals surface area (Å²) < 4.78 is 0. The second-order valence-electron chi connectivity index (χ2n) is 6.17. The van der Waals surface area contributed by atoms with Crippen molar-refractivity contribution < 1.29 is 0 Å². The fourth-order valence-electron chi connectivity index (χ4n) is 2.49. The van der Waals surface area contributed by atoms with E-state index >= 15 is 0 Å². The number of aryl methyl sites for hydroxylation is 2. The first-order valence-corrected chi connectivity index (χ1v) is 9.88. The maximum atomic E-state index is 4.87. The number of nitrogens with zero attached hydrogens (tertiary/aromatic N) is 3. The zero-order valence-corrected chi connectivity index (χ0v) is 16.3. The van der Waals surface area contributed by atoms with Gasteiger partial charge in [-0.2, -0.15) is 0 Å². The molecule has 1 aliphatic heterocycles. The van der Waals surface area contributed by atoms with Gasteiger partial charge < -0.3 is 0 Å². The van der Waals surface area contributed by atoms with Gasteiger partial charge in [-0.05, 0) is 60.3 Å². The minimum atomic E-state index is 0.384. The molecule has 128 valence electrons. The highest BCUT2D eigenvalue weighted by Gasteiger charge is 2.24. The predicted octanol–water partition coefficient (Wildman–Crippen LogP) is 6.09. The Morgan fingerprint density at radius 3 is 2.72 bits per heavy atom. The number of benzene rings is 1. The Labute approximate surface area is 157 Å². The maximum absolute atomic E-state index is 4.87. The monoisotopic (exact) mass is 367 g/mol. The molecule has 0 aliphatic carbocycles. The van der Waals surface area contributed by atoms with Crippen molar-refractivity contribution in [3.8, 4) is 0 Å². The number of aliphatic imine (C=N–C) groups is 1. The van der Waals surface area contributed by atoms with E-state index in [0.717, 1.165) is 32.9 Å². The van der Waals surface area contributed by atoms with Gasteiger partial charge in [-0.25, -0.2) is 15.0 Å². The van der Waals surface area contributed by atoms with Gasteiger partial charge in [-0.3, -0.25) is 0 Å². The molecule has 1 aromatic carbocycles. The molecule has 1 saturated heterocycles. The lowest BCUT2D eigenvalue weighted by Gasteiger charge is -2.24. The van der Waals surface area contributed by atoms with Crippen LogP contribution in [0.3, 0.4) is 0 Å². The molecule has 0 amide bonds. The molecule has 2 aromatic rings. The lowest BCUT2D eigenvalue weighted by Crippen LogP contribution is -2.14. The van der Waals surface area contributed by atoms with Crippen LogP contribution in [0.5, 0.6) is 0 Å². The van der Waals surface area contributed by atoms with E-state index in [2.05, 4.69) is 60.1 Å². The fourth-order valence-corrected chi connectivity index (χ4v) is 4.59. The molecular formula is C20H21N3S2. The van der Waals surface area contributed by atoms with Crippen molar-refractivity contribution in [1.29, 1.82) is 0 Å². The second-order valence-corrected chi connectivity index (χ2v) is 8.17. The summed E-state index contributed by atoms with van der Waals surface area (Å²) in [6.07, 6.45) is 2.77. The van der Waals surface area contributed by atoms with E-state index in [1.807, 2.05) is 13.0 Å². The summed E-state index contributed by atoms with van der Waals surface area (Å²) in [6.45, 7) is 10.4. The van der Waals surface area contributed by atoms with E-state index in [9.17, 15) is 0 Å². The first-order valence-electron chi connectivity index (χ1n) is 8.19.